The minimum Gasteiger partial charge on any atom is -0.381 e. The van der Waals surface area contributed by atoms with Crippen molar-refractivity contribution in [3.8, 4) is 0 Å². The van der Waals surface area contributed by atoms with Crippen LogP contribution in [0.3, 0.4) is 0 Å². The predicted octanol–water partition coefficient (Wildman–Crippen LogP) is 3.59. The summed E-state index contributed by atoms with van der Waals surface area (Å²) in [6.07, 6.45) is 11.6. The highest BCUT2D eigenvalue weighted by molar-refractivity contribution is 7.13. The molecule has 6 rings (SSSR count). The van der Waals surface area contributed by atoms with Gasteiger partial charge in [-0.3, -0.25) is 9.58 Å². The van der Waals surface area contributed by atoms with Crippen molar-refractivity contribution in [2.24, 2.45) is 0 Å². The van der Waals surface area contributed by atoms with Crippen LogP contribution < -0.4 is 5.32 Å². The first-order valence-electron chi connectivity index (χ1n) is 13.0. The number of nitrogens with one attached hydrogen (secondary N) is 1. The summed E-state index contributed by atoms with van der Waals surface area (Å²) in [4.78, 5) is 13.5. The first kappa shape index (κ1) is 23.3. The molecule has 3 aliphatic rings. The van der Waals surface area contributed by atoms with Crippen molar-refractivity contribution in [3.05, 3.63) is 29.5 Å². The molecule has 1 saturated carbocycles. The fourth-order valence-electron chi connectivity index (χ4n) is 5.74. The molecule has 0 atom stereocenters. The standard InChI is InChI=1S/C25H35N7O2S/c1-17-23-24(27-19-2-4-20(5-3-19)31-8-12-34-13-9-31)28-22(29-25(23)35-30-17)14-18-15-26-32(16-18)21-6-10-33-11-7-21/h15-16,19-21H,2-14H2,1H3,(H,27,28,29). The molecule has 5 heterocycles. The number of fused-ring (bicyclic) bond motifs is 1. The summed E-state index contributed by atoms with van der Waals surface area (Å²) in [6, 6.07) is 1.55. The van der Waals surface area contributed by atoms with E-state index >= 15 is 0 Å². The van der Waals surface area contributed by atoms with Crippen LogP contribution in [0, 0.1) is 6.92 Å². The van der Waals surface area contributed by atoms with Crippen LogP contribution in [0.4, 0.5) is 5.82 Å². The third-order valence-electron chi connectivity index (χ3n) is 7.73. The summed E-state index contributed by atoms with van der Waals surface area (Å²) in [7, 11) is 0. The first-order valence-corrected chi connectivity index (χ1v) is 13.8. The molecule has 2 aliphatic heterocycles. The van der Waals surface area contributed by atoms with Crippen molar-refractivity contribution in [1.29, 1.82) is 0 Å². The summed E-state index contributed by atoms with van der Waals surface area (Å²) in [5, 5.41) is 9.50. The van der Waals surface area contributed by atoms with Crippen molar-refractivity contribution >= 4 is 27.6 Å². The monoisotopic (exact) mass is 497 g/mol. The molecule has 188 valence electrons. The Morgan fingerprint density at radius 1 is 0.971 bits per heavy atom. The van der Waals surface area contributed by atoms with Crippen molar-refractivity contribution in [3.63, 3.8) is 0 Å². The number of anilines is 1. The SMILES string of the molecule is Cc1nsc2nc(Cc3cnn(C4CCOCC4)c3)nc(NC3CCC(N4CCOCC4)CC3)c12. The Morgan fingerprint density at radius 3 is 2.54 bits per heavy atom. The normalized spacial score (nSPS) is 24.7. The average Bonchev–Trinajstić information content (AvgIpc) is 3.52. The van der Waals surface area contributed by atoms with Gasteiger partial charge < -0.3 is 14.8 Å². The molecule has 0 spiro atoms. The highest BCUT2D eigenvalue weighted by Crippen LogP contribution is 2.31. The third kappa shape index (κ3) is 5.21. The maximum absolute atomic E-state index is 5.54. The van der Waals surface area contributed by atoms with Crippen molar-refractivity contribution < 1.29 is 9.47 Å². The molecular formula is C25H35N7O2S. The number of morpholine rings is 1. The molecule has 0 radical (unpaired) electrons. The van der Waals surface area contributed by atoms with Crippen LogP contribution in [0.5, 0.6) is 0 Å². The van der Waals surface area contributed by atoms with Crippen LogP contribution in [-0.4, -0.2) is 80.6 Å². The number of nitrogens with zero attached hydrogens (tertiary/aromatic N) is 6. The molecule has 35 heavy (non-hydrogen) atoms. The molecule has 1 N–H and O–H groups in total. The Morgan fingerprint density at radius 2 is 1.74 bits per heavy atom. The summed E-state index contributed by atoms with van der Waals surface area (Å²) < 4.78 is 17.7. The molecule has 0 aromatic carbocycles. The van der Waals surface area contributed by atoms with Crippen LogP contribution in [0.25, 0.3) is 10.2 Å². The van der Waals surface area contributed by atoms with Gasteiger partial charge in [-0.05, 0) is 62.5 Å². The van der Waals surface area contributed by atoms with Crippen LogP contribution in [0.2, 0.25) is 0 Å². The highest BCUT2D eigenvalue weighted by Gasteiger charge is 2.28. The summed E-state index contributed by atoms with van der Waals surface area (Å²) in [5.74, 6) is 1.78. The van der Waals surface area contributed by atoms with Crippen molar-refractivity contribution in [2.75, 3.05) is 44.8 Å². The molecule has 9 nitrogen and oxygen atoms in total. The minimum atomic E-state index is 0.426. The fourth-order valence-corrected chi connectivity index (χ4v) is 6.54. The molecule has 3 aromatic heterocycles. The lowest BCUT2D eigenvalue weighted by Gasteiger charge is -2.39. The zero-order valence-electron chi connectivity index (χ0n) is 20.5. The smallest absolute Gasteiger partial charge is 0.149 e. The van der Waals surface area contributed by atoms with Crippen LogP contribution in [0.15, 0.2) is 12.4 Å². The van der Waals surface area contributed by atoms with Crippen LogP contribution in [-0.2, 0) is 15.9 Å². The Labute approximate surface area is 210 Å². The topological polar surface area (TPSA) is 90.2 Å². The largest absolute Gasteiger partial charge is 0.381 e. The molecule has 0 bridgehead atoms. The number of hydrogen-bond acceptors (Lipinski definition) is 9. The van der Waals surface area contributed by atoms with Crippen LogP contribution in [0.1, 0.15) is 61.6 Å². The van der Waals surface area contributed by atoms with E-state index in [1.54, 1.807) is 0 Å². The van der Waals surface area contributed by atoms with Gasteiger partial charge >= 0.3 is 0 Å². The Balaban J connectivity index is 1.15. The van der Waals surface area contributed by atoms with E-state index in [1.807, 2.05) is 6.20 Å². The molecule has 0 unspecified atom stereocenters. The fraction of sp³-hybridized carbons (Fsp3) is 0.680. The summed E-state index contributed by atoms with van der Waals surface area (Å²) in [6.45, 7) is 7.57. The lowest BCUT2D eigenvalue weighted by atomic mass is 9.90. The van der Waals surface area contributed by atoms with Gasteiger partial charge in [0.2, 0.25) is 0 Å². The molecule has 10 heteroatoms. The zero-order chi connectivity index (χ0) is 23.6. The molecule has 2 saturated heterocycles. The van der Waals surface area contributed by atoms with Gasteiger partial charge in [0.05, 0.1) is 36.5 Å². The summed E-state index contributed by atoms with van der Waals surface area (Å²) >= 11 is 1.47. The zero-order valence-corrected chi connectivity index (χ0v) is 21.3. The van der Waals surface area contributed by atoms with Gasteiger partial charge in [0, 0.05) is 51.0 Å². The minimum absolute atomic E-state index is 0.426. The van der Waals surface area contributed by atoms with Crippen molar-refractivity contribution in [1.82, 2.24) is 29.0 Å². The number of rotatable bonds is 6. The lowest BCUT2D eigenvalue weighted by Crippen LogP contribution is -2.46. The average molecular weight is 498 g/mol. The second kappa shape index (κ2) is 10.5. The van der Waals surface area contributed by atoms with E-state index in [0.717, 1.165) is 98.3 Å². The number of aromatic nitrogens is 5. The predicted molar refractivity (Wildman–Crippen MR) is 136 cm³/mol. The quantitative estimate of drug-likeness (QED) is 0.553. The van der Waals surface area contributed by atoms with Gasteiger partial charge in [-0.25, -0.2) is 9.97 Å². The number of hydrogen-bond donors (Lipinski definition) is 1. The van der Waals surface area contributed by atoms with Gasteiger partial charge in [-0.1, -0.05) is 0 Å². The second-order valence-electron chi connectivity index (χ2n) is 10.1. The molecule has 3 aromatic rings. The Bertz CT molecular complexity index is 1130. The molecule has 1 aliphatic carbocycles. The van der Waals surface area contributed by atoms with E-state index < -0.39 is 0 Å². The molecule has 3 fully saturated rings. The van der Waals surface area contributed by atoms with Gasteiger partial charge in [-0.2, -0.15) is 9.47 Å². The number of ether oxygens (including phenoxy) is 2. The van der Waals surface area contributed by atoms with Gasteiger partial charge in [0.1, 0.15) is 16.5 Å². The molecular weight excluding hydrogens is 462 g/mol. The maximum atomic E-state index is 5.54. The van der Waals surface area contributed by atoms with E-state index in [2.05, 4.69) is 37.5 Å². The number of aryl methyl sites for hydroxylation is 1. The Hall–Kier alpha value is -2.14. The summed E-state index contributed by atoms with van der Waals surface area (Å²) in [5.41, 5.74) is 2.16. The van der Waals surface area contributed by atoms with Gasteiger partial charge in [0.25, 0.3) is 0 Å². The Kier molecular flexibility index (Phi) is 6.95. The van der Waals surface area contributed by atoms with E-state index in [-0.39, 0.29) is 0 Å². The first-order chi connectivity index (χ1) is 17.2. The van der Waals surface area contributed by atoms with E-state index in [0.29, 0.717) is 24.5 Å². The van der Waals surface area contributed by atoms with E-state index in [9.17, 15) is 0 Å². The van der Waals surface area contributed by atoms with Gasteiger partial charge in [0.15, 0.2) is 0 Å². The van der Waals surface area contributed by atoms with Gasteiger partial charge in [-0.15, -0.1) is 0 Å². The van der Waals surface area contributed by atoms with E-state index in [4.69, 9.17) is 19.4 Å². The maximum Gasteiger partial charge on any atom is 0.149 e. The van der Waals surface area contributed by atoms with E-state index in [1.165, 1.54) is 24.4 Å². The van der Waals surface area contributed by atoms with Crippen molar-refractivity contribution in [2.45, 2.75) is 70.0 Å². The molecule has 0 amide bonds. The third-order valence-corrected chi connectivity index (χ3v) is 8.57. The highest BCUT2D eigenvalue weighted by atomic mass is 32.1. The second-order valence-corrected chi connectivity index (χ2v) is 10.8. The lowest BCUT2D eigenvalue weighted by molar-refractivity contribution is 0.00791. The van der Waals surface area contributed by atoms with Crippen LogP contribution >= 0.6 is 11.5 Å².